The summed E-state index contributed by atoms with van der Waals surface area (Å²) in [6.07, 6.45) is 7.39. The molecule has 0 radical (unpaired) electrons. The Balaban J connectivity index is 3.19. The zero-order valence-corrected chi connectivity index (χ0v) is 11.1. The molecule has 0 spiro atoms. The number of rotatable bonds is 11. The number of hydrogen-bond acceptors (Lipinski definition) is 2. The summed E-state index contributed by atoms with van der Waals surface area (Å²) in [5.41, 5.74) is 3.77. The Kier molecular flexibility index (Phi) is 11.0. The predicted octanol–water partition coefficient (Wildman–Crippen LogP) is 1.05. The van der Waals surface area contributed by atoms with Gasteiger partial charge in [0.05, 0.1) is 6.54 Å². The number of unbranched alkanes of at least 4 members (excludes halogenated alkanes) is 4. The molecule has 1 amide bonds. The van der Waals surface area contributed by atoms with E-state index in [2.05, 4.69) is 11.1 Å². The van der Waals surface area contributed by atoms with E-state index in [0.717, 1.165) is 51.6 Å². The molecule has 4 heteroatoms. The number of carbonyl (C=O) groups excluding carboxylic acids is 2. The van der Waals surface area contributed by atoms with E-state index in [1.54, 1.807) is 6.92 Å². The van der Waals surface area contributed by atoms with Crippen molar-refractivity contribution in [3.05, 3.63) is 0 Å². The quantitative estimate of drug-likeness (QED) is 0.532. The van der Waals surface area contributed by atoms with Crippen LogP contribution < -0.4 is 11.1 Å². The van der Waals surface area contributed by atoms with E-state index < -0.39 is 0 Å². The molecule has 0 heterocycles. The summed E-state index contributed by atoms with van der Waals surface area (Å²) in [5.74, 6) is 0.403. The third kappa shape index (κ3) is 13.0. The van der Waals surface area contributed by atoms with Crippen molar-refractivity contribution in [1.82, 2.24) is 5.32 Å². The van der Waals surface area contributed by atoms with Crippen LogP contribution >= 0.6 is 0 Å². The highest BCUT2D eigenvalue weighted by Gasteiger charge is 2.00. The van der Waals surface area contributed by atoms with Gasteiger partial charge >= 0.3 is 0 Å². The number of ketones is 1. The molecule has 0 saturated heterocycles. The predicted molar refractivity (Wildman–Crippen MR) is 68.4 cm³/mol. The van der Waals surface area contributed by atoms with E-state index in [1.807, 2.05) is 0 Å². The average molecular weight is 243 g/mol. The number of nitrogens with one attached hydrogen (secondary N) is 1. The van der Waals surface area contributed by atoms with Crippen LogP contribution in [0.1, 0.15) is 58.3 Å². The molecular formula is C13H27N2O2+. The smallest absolute Gasteiger partial charge is 0.219 e. The lowest BCUT2D eigenvalue weighted by Gasteiger charge is -2.04. The Bertz CT molecular complexity index is 217. The molecule has 4 N–H and O–H groups in total. The van der Waals surface area contributed by atoms with Crippen molar-refractivity contribution in [3.63, 3.8) is 0 Å². The van der Waals surface area contributed by atoms with E-state index in [4.69, 9.17) is 0 Å². The van der Waals surface area contributed by atoms with Crippen LogP contribution in [0.5, 0.6) is 0 Å². The molecule has 100 valence electrons. The first-order valence-electron chi connectivity index (χ1n) is 6.72. The van der Waals surface area contributed by atoms with Gasteiger partial charge in [0.2, 0.25) is 5.91 Å². The van der Waals surface area contributed by atoms with Crippen LogP contribution in [0, 0.1) is 0 Å². The number of Topliss-reactive ketones (excluding diaryl/α,β-unsaturated/α-hetero) is 1. The van der Waals surface area contributed by atoms with Crippen molar-refractivity contribution in [2.24, 2.45) is 0 Å². The second-order valence-corrected chi connectivity index (χ2v) is 4.53. The second kappa shape index (κ2) is 11.6. The van der Waals surface area contributed by atoms with Gasteiger partial charge in [-0.2, -0.15) is 0 Å². The Morgan fingerprint density at radius 2 is 1.59 bits per heavy atom. The fourth-order valence-corrected chi connectivity index (χ4v) is 1.63. The van der Waals surface area contributed by atoms with Crippen molar-refractivity contribution < 1.29 is 15.3 Å². The largest absolute Gasteiger partial charge is 0.358 e. The van der Waals surface area contributed by atoms with Gasteiger partial charge in [-0.25, -0.2) is 0 Å². The highest BCUT2D eigenvalue weighted by Crippen LogP contribution is 2.00. The van der Waals surface area contributed by atoms with E-state index in [-0.39, 0.29) is 11.7 Å². The summed E-state index contributed by atoms with van der Waals surface area (Å²) in [5, 5.41) is 2.91. The van der Waals surface area contributed by atoms with Gasteiger partial charge in [0.1, 0.15) is 5.78 Å². The number of quaternary nitrogens is 1. The zero-order valence-electron chi connectivity index (χ0n) is 11.1. The maximum atomic E-state index is 11.4. The maximum Gasteiger partial charge on any atom is 0.219 e. The van der Waals surface area contributed by atoms with Gasteiger partial charge in [-0.15, -0.1) is 0 Å². The molecule has 0 aliphatic rings. The second-order valence-electron chi connectivity index (χ2n) is 4.53. The first-order chi connectivity index (χ1) is 8.16. The minimum Gasteiger partial charge on any atom is -0.358 e. The van der Waals surface area contributed by atoms with Gasteiger partial charge in [0.15, 0.2) is 0 Å². The lowest BCUT2D eigenvalue weighted by Crippen LogP contribution is -2.50. The SMILES string of the molecule is CC(=O)CCCCCNC(=O)CCCCC[NH3+]. The van der Waals surface area contributed by atoms with Gasteiger partial charge in [-0.3, -0.25) is 4.79 Å². The summed E-state index contributed by atoms with van der Waals surface area (Å²) >= 11 is 0. The summed E-state index contributed by atoms with van der Waals surface area (Å²) in [4.78, 5) is 22.0. The summed E-state index contributed by atoms with van der Waals surface area (Å²) in [7, 11) is 0. The van der Waals surface area contributed by atoms with Gasteiger partial charge in [0.25, 0.3) is 0 Å². The summed E-state index contributed by atoms with van der Waals surface area (Å²) in [6, 6.07) is 0. The number of carbonyl (C=O) groups is 2. The number of amides is 1. The van der Waals surface area contributed by atoms with Crippen molar-refractivity contribution in [2.45, 2.75) is 58.3 Å². The lowest BCUT2D eigenvalue weighted by molar-refractivity contribution is -0.368. The van der Waals surface area contributed by atoms with Crippen LogP contribution in [-0.2, 0) is 9.59 Å². The fourth-order valence-electron chi connectivity index (χ4n) is 1.63. The van der Waals surface area contributed by atoms with Crippen LogP contribution in [-0.4, -0.2) is 24.8 Å². The Morgan fingerprint density at radius 3 is 2.24 bits per heavy atom. The molecule has 4 nitrogen and oxygen atoms in total. The maximum absolute atomic E-state index is 11.4. The topological polar surface area (TPSA) is 73.8 Å². The molecule has 0 bridgehead atoms. The van der Waals surface area contributed by atoms with Crippen LogP contribution in [0.4, 0.5) is 0 Å². The van der Waals surface area contributed by atoms with Gasteiger partial charge in [0, 0.05) is 19.4 Å². The molecule has 0 aromatic rings. The molecule has 0 saturated carbocycles. The molecule has 0 aromatic carbocycles. The van der Waals surface area contributed by atoms with Crippen molar-refractivity contribution in [1.29, 1.82) is 0 Å². The van der Waals surface area contributed by atoms with E-state index >= 15 is 0 Å². The molecule has 0 unspecified atom stereocenters. The molecule has 0 aliphatic carbocycles. The number of hydrogen-bond donors (Lipinski definition) is 2. The van der Waals surface area contributed by atoms with E-state index in [1.165, 1.54) is 0 Å². The van der Waals surface area contributed by atoms with Gasteiger partial charge < -0.3 is 15.8 Å². The molecule has 0 atom stereocenters. The van der Waals surface area contributed by atoms with Crippen LogP contribution in [0.3, 0.4) is 0 Å². The molecule has 0 fully saturated rings. The van der Waals surface area contributed by atoms with Crippen molar-refractivity contribution in [2.75, 3.05) is 13.1 Å². The van der Waals surface area contributed by atoms with E-state index in [0.29, 0.717) is 12.8 Å². The molecule has 17 heavy (non-hydrogen) atoms. The highest BCUT2D eigenvalue weighted by atomic mass is 16.1. The van der Waals surface area contributed by atoms with E-state index in [9.17, 15) is 9.59 Å². The Labute approximate surface area is 104 Å². The highest BCUT2D eigenvalue weighted by molar-refractivity contribution is 5.75. The van der Waals surface area contributed by atoms with Crippen LogP contribution in [0.2, 0.25) is 0 Å². The Morgan fingerprint density at radius 1 is 0.941 bits per heavy atom. The normalized spacial score (nSPS) is 10.2. The van der Waals surface area contributed by atoms with Crippen LogP contribution in [0.25, 0.3) is 0 Å². The first-order valence-corrected chi connectivity index (χ1v) is 6.72. The molecule has 0 aromatic heterocycles. The first kappa shape index (κ1) is 16.1. The zero-order chi connectivity index (χ0) is 12.9. The average Bonchev–Trinajstić information content (AvgIpc) is 2.29. The van der Waals surface area contributed by atoms with Crippen molar-refractivity contribution in [3.8, 4) is 0 Å². The van der Waals surface area contributed by atoms with Crippen molar-refractivity contribution >= 4 is 11.7 Å². The third-order valence-corrected chi connectivity index (χ3v) is 2.68. The Hall–Kier alpha value is -0.900. The molecular weight excluding hydrogens is 216 g/mol. The van der Waals surface area contributed by atoms with Crippen LogP contribution in [0.15, 0.2) is 0 Å². The standard InChI is InChI=1S/C13H26N2O2/c1-12(16)8-4-3-7-11-15-13(17)9-5-2-6-10-14/h2-11,14H2,1H3,(H,15,17)/p+1. The molecule has 0 aliphatic heterocycles. The fraction of sp³-hybridized carbons (Fsp3) is 0.846. The minimum atomic E-state index is 0.153. The third-order valence-electron chi connectivity index (χ3n) is 2.68. The summed E-state index contributed by atoms with van der Waals surface area (Å²) in [6.45, 7) is 3.32. The van der Waals surface area contributed by atoms with Gasteiger partial charge in [-0.05, 0) is 39.0 Å². The monoisotopic (exact) mass is 243 g/mol. The minimum absolute atomic E-state index is 0.153. The van der Waals surface area contributed by atoms with Gasteiger partial charge in [-0.1, -0.05) is 6.42 Å². The lowest BCUT2D eigenvalue weighted by atomic mass is 10.1. The summed E-state index contributed by atoms with van der Waals surface area (Å²) < 4.78 is 0. The molecule has 0 rings (SSSR count).